The van der Waals surface area contributed by atoms with Gasteiger partial charge in [-0.05, 0) is 85.8 Å². The monoisotopic (exact) mass is 401 g/mol. The molecule has 30 heavy (non-hydrogen) atoms. The summed E-state index contributed by atoms with van der Waals surface area (Å²) >= 11 is 0. The number of nitrogens with zero attached hydrogens (tertiary/aromatic N) is 1. The van der Waals surface area contributed by atoms with E-state index in [1.807, 2.05) is 49.4 Å². The van der Waals surface area contributed by atoms with Gasteiger partial charge in [0.2, 0.25) is 0 Å². The largest absolute Gasteiger partial charge is 0.496 e. The molecule has 0 aliphatic heterocycles. The van der Waals surface area contributed by atoms with Crippen molar-refractivity contribution in [3.63, 3.8) is 0 Å². The number of para-hydroxylation sites is 1. The van der Waals surface area contributed by atoms with Crippen molar-refractivity contribution in [3.8, 4) is 17.2 Å². The molecule has 5 nitrogen and oxygen atoms in total. The highest BCUT2D eigenvalue weighted by molar-refractivity contribution is 6.03. The van der Waals surface area contributed by atoms with E-state index >= 15 is 0 Å². The normalized spacial score (nSPS) is 14.1. The zero-order chi connectivity index (χ0) is 20.9. The molecule has 152 valence electrons. The summed E-state index contributed by atoms with van der Waals surface area (Å²) in [6, 6.07) is 20.2. The van der Waals surface area contributed by atoms with E-state index in [9.17, 15) is 4.79 Å². The van der Waals surface area contributed by atoms with Gasteiger partial charge in [0.25, 0.3) is 0 Å². The van der Waals surface area contributed by atoms with Crippen LogP contribution in [0.3, 0.4) is 0 Å². The smallest absolute Gasteiger partial charge is 0.365 e. The molecule has 3 aromatic rings. The third kappa shape index (κ3) is 4.20. The molecule has 0 unspecified atom stereocenters. The first-order valence-corrected chi connectivity index (χ1v) is 9.93. The Hall–Kier alpha value is -3.60. The summed E-state index contributed by atoms with van der Waals surface area (Å²) in [5.74, 6) is 1.76. The molecule has 4 rings (SSSR count). The maximum Gasteiger partial charge on any atom is 0.365 e. The summed E-state index contributed by atoms with van der Waals surface area (Å²) in [5.41, 5.74) is 4.56. The lowest BCUT2D eigenvalue weighted by atomic mass is 9.87. The molecule has 0 aromatic heterocycles. The minimum absolute atomic E-state index is 0.418. The SMILES string of the molecule is COc1ccc2c(c1C)CCC/C2=N/OC(=O)c1ccc(Oc2ccccc2)cc1. The molecule has 1 aliphatic rings. The number of rotatable bonds is 5. The van der Waals surface area contributed by atoms with Gasteiger partial charge in [-0.15, -0.1) is 0 Å². The van der Waals surface area contributed by atoms with Crippen LogP contribution in [0.4, 0.5) is 0 Å². The van der Waals surface area contributed by atoms with Crippen LogP contribution in [-0.4, -0.2) is 18.8 Å². The standard InChI is InChI=1S/C25H23NO4/c1-17-21-9-6-10-23(22(21)15-16-24(17)28-2)26-30-25(27)18-11-13-20(14-12-18)29-19-7-4-3-5-8-19/h3-5,7-8,11-16H,6,9-10H2,1-2H3/b26-23-. The van der Waals surface area contributed by atoms with Crippen molar-refractivity contribution in [1.82, 2.24) is 0 Å². The highest BCUT2D eigenvalue weighted by atomic mass is 16.7. The number of benzene rings is 3. The van der Waals surface area contributed by atoms with Crippen LogP contribution in [0.5, 0.6) is 17.2 Å². The molecule has 0 fully saturated rings. The van der Waals surface area contributed by atoms with Crippen LogP contribution in [-0.2, 0) is 11.3 Å². The highest BCUT2D eigenvalue weighted by Gasteiger charge is 2.20. The Morgan fingerprint density at radius 3 is 2.37 bits per heavy atom. The van der Waals surface area contributed by atoms with Crippen molar-refractivity contribution in [2.24, 2.45) is 5.16 Å². The Balaban J connectivity index is 1.46. The van der Waals surface area contributed by atoms with Crippen molar-refractivity contribution in [2.75, 3.05) is 7.11 Å². The fourth-order valence-electron chi connectivity index (χ4n) is 3.64. The number of hydrogen-bond acceptors (Lipinski definition) is 5. The second kappa shape index (κ2) is 8.82. The van der Waals surface area contributed by atoms with E-state index in [1.165, 1.54) is 5.56 Å². The van der Waals surface area contributed by atoms with Crippen molar-refractivity contribution < 1.29 is 19.1 Å². The van der Waals surface area contributed by atoms with Gasteiger partial charge in [-0.25, -0.2) is 4.79 Å². The van der Waals surface area contributed by atoms with Crippen LogP contribution in [0.2, 0.25) is 0 Å². The van der Waals surface area contributed by atoms with E-state index in [0.29, 0.717) is 11.3 Å². The molecule has 0 heterocycles. The van der Waals surface area contributed by atoms with Crippen LogP contribution < -0.4 is 9.47 Å². The quantitative estimate of drug-likeness (QED) is 0.407. The zero-order valence-electron chi connectivity index (χ0n) is 17.1. The Labute approximate surface area is 175 Å². The fraction of sp³-hybridized carbons (Fsp3) is 0.200. The molecule has 0 N–H and O–H groups in total. The maximum atomic E-state index is 12.4. The molecule has 0 spiro atoms. The van der Waals surface area contributed by atoms with Gasteiger partial charge in [0.05, 0.1) is 18.4 Å². The van der Waals surface area contributed by atoms with E-state index < -0.39 is 5.97 Å². The van der Waals surface area contributed by atoms with E-state index in [-0.39, 0.29) is 0 Å². The molecule has 3 aromatic carbocycles. The lowest BCUT2D eigenvalue weighted by Gasteiger charge is -2.20. The first kappa shape index (κ1) is 19.7. The Bertz CT molecular complexity index is 1070. The molecule has 0 amide bonds. The summed E-state index contributed by atoms with van der Waals surface area (Å²) in [4.78, 5) is 17.7. The average molecular weight is 401 g/mol. The number of hydrogen-bond donors (Lipinski definition) is 0. The summed E-state index contributed by atoms with van der Waals surface area (Å²) < 4.78 is 11.2. The van der Waals surface area contributed by atoms with Crippen molar-refractivity contribution in [2.45, 2.75) is 26.2 Å². The fourth-order valence-corrected chi connectivity index (χ4v) is 3.64. The van der Waals surface area contributed by atoms with Crippen LogP contribution in [0, 0.1) is 6.92 Å². The molecule has 0 bridgehead atoms. The van der Waals surface area contributed by atoms with E-state index in [4.69, 9.17) is 14.3 Å². The van der Waals surface area contributed by atoms with E-state index in [1.54, 1.807) is 31.4 Å². The van der Waals surface area contributed by atoms with Gasteiger partial charge in [0, 0.05) is 5.56 Å². The minimum Gasteiger partial charge on any atom is -0.496 e. The van der Waals surface area contributed by atoms with Crippen LogP contribution >= 0.6 is 0 Å². The van der Waals surface area contributed by atoms with E-state index in [0.717, 1.165) is 47.6 Å². The summed E-state index contributed by atoms with van der Waals surface area (Å²) in [6.07, 6.45) is 2.70. The second-order valence-corrected chi connectivity index (χ2v) is 7.13. The maximum absolute atomic E-state index is 12.4. The number of oxime groups is 1. The lowest BCUT2D eigenvalue weighted by Crippen LogP contribution is -2.15. The molecule has 0 radical (unpaired) electrons. The van der Waals surface area contributed by atoms with Gasteiger partial charge in [0.1, 0.15) is 17.2 Å². The summed E-state index contributed by atoms with van der Waals surface area (Å²) in [7, 11) is 1.67. The minimum atomic E-state index is -0.494. The van der Waals surface area contributed by atoms with Crippen LogP contribution in [0.25, 0.3) is 0 Å². The topological polar surface area (TPSA) is 57.1 Å². The van der Waals surface area contributed by atoms with Gasteiger partial charge in [0.15, 0.2) is 0 Å². The van der Waals surface area contributed by atoms with Gasteiger partial charge in [-0.2, -0.15) is 0 Å². The average Bonchev–Trinajstić information content (AvgIpc) is 2.79. The number of ether oxygens (including phenoxy) is 2. The Morgan fingerprint density at radius 2 is 1.63 bits per heavy atom. The predicted octanol–water partition coefficient (Wildman–Crippen LogP) is 5.69. The molecule has 0 atom stereocenters. The van der Waals surface area contributed by atoms with Crippen molar-refractivity contribution >= 4 is 11.7 Å². The first-order valence-electron chi connectivity index (χ1n) is 9.93. The van der Waals surface area contributed by atoms with Gasteiger partial charge in [-0.1, -0.05) is 23.4 Å². The lowest BCUT2D eigenvalue weighted by molar-refractivity contribution is 0.0515. The second-order valence-electron chi connectivity index (χ2n) is 7.13. The van der Waals surface area contributed by atoms with Crippen molar-refractivity contribution in [3.05, 3.63) is 89.0 Å². The zero-order valence-corrected chi connectivity index (χ0v) is 17.1. The summed E-state index contributed by atoms with van der Waals surface area (Å²) in [5, 5.41) is 4.18. The molecular weight excluding hydrogens is 378 g/mol. The van der Waals surface area contributed by atoms with E-state index in [2.05, 4.69) is 5.16 Å². The molecule has 5 heteroatoms. The molecule has 0 saturated carbocycles. The van der Waals surface area contributed by atoms with Crippen LogP contribution in [0.15, 0.2) is 71.9 Å². The Morgan fingerprint density at radius 1 is 0.900 bits per heavy atom. The van der Waals surface area contributed by atoms with Gasteiger partial charge < -0.3 is 14.3 Å². The van der Waals surface area contributed by atoms with Crippen LogP contribution in [0.1, 0.15) is 39.9 Å². The number of methoxy groups -OCH3 is 1. The third-order valence-electron chi connectivity index (χ3n) is 5.23. The highest BCUT2D eigenvalue weighted by Crippen LogP contribution is 2.31. The van der Waals surface area contributed by atoms with Gasteiger partial charge in [-0.3, -0.25) is 0 Å². The Kier molecular flexibility index (Phi) is 5.80. The predicted molar refractivity (Wildman–Crippen MR) is 116 cm³/mol. The number of carbonyl (C=O) groups excluding carboxylic acids is 1. The molecular formula is C25H23NO4. The summed E-state index contributed by atoms with van der Waals surface area (Å²) in [6.45, 7) is 2.05. The van der Waals surface area contributed by atoms with Gasteiger partial charge >= 0.3 is 5.97 Å². The number of fused-ring (bicyclic) bond motifs is 1. The first-order chi connectivity index (χ1) is 14.7. The molecule has 1 aliphatic carbocycles. The van der Waals surface area contributed by atoms with Crippen molar-refractivity contribution in [1.29, 1.82) is 0 Å². The third-order valence-corrected chi connectivity index (χ3v) is 5.23. The molecule has 0 saturated heterocycles. The number of carbonyl (C=O) groups is 1.